The first-order valence-electron chi connectivity index (χ1n) is 16.7. The lowest BCUT2D eigenvalue weighted by atomic mass is 9.97. The smallest absolute Gasteiger partial charge is 0.174 e. The molecule has 49 heavy (non-hydrogen) atoms. The molecule has 1 atom stereocenters. The Labute approximate surface area is 284 Å². The number of hydrogen-bond acceptors (Lipinski definition) is 1. The highest BCUT2D eigenvalue weighted by Crippen LogP contribution is 2.55. The fourth-order valence-corrected chi connectivity index (χ4v) is 11.2. The van der Waals surface area contributed by atoms with E-state index in [-0.39, 0.29) is 0 Å². The summed E-state index contributed by atoms with van der Waals surface area (Å²) in [7, 11) is -3.32. The van der Waals surface area contributed by atoms with Crippen LogP contribution in [0, 0.1) is 0 Å². The molecule has 1 aromatic heterocycles. The second-order valence-electron chi connectivity index (χ2n) is 12.9. The van der Waals surface area contributed by atoms with E-state index < -0.39 is 7.14 Å². The Morgan fingerprint density at radius 1 is 0.429 bits per heavy atom. The van der Waals surface area contributed by atoms with Crippen molar-refractivity contribution in [1.29, 1.82) is 0 Å². The Morgan fingerprint density at radius 2 is 1.00 bits per heavy atom. The average Bonchev–Trinajstić information content (AvgIpc) is 3.64. The third-order valence-corrected chi connectivity index (χ3v) is 13.3. The molecule has 2 heterocycles. The third kappa shape index (κ3) is 4.18. The minimum Gasteiger partial charge on any atom is -0.309 e. The van der Waals surface area contributed by atoms with Gasteiger partial charge in [0.25, 0.3) is 0 Å². The maximum atomic E-state index is 16.3. The normalized spacial score (nSPS) is 15.1. The Hall–Kier alpha value is -5.95. The van der Waals surface area contributed by atoms with Gasteiger partial charge in [-0.15, -0.1) is 0 Å². The van der Waals surface area contributed by atoms with Crippen LogP contribution < -0.4 is 15.9 Å². The minimum absolute atomic E-state index is 0.859. The van der Waals surface area contributed by atoms with Gasteiger partial charge in [-0.2, -0.15) is 0 Å². The molecule has 0 spiro atoms. The molecule has 0 N–H and O–H groups in total. The maximum Gasteiger partial charge on any atom is 0.174 e. The molecule has 9 aromatic rings. The van der Waals surface area contributed by atoms with Gasteiger partial charge in [0.2, 0.25) is 0 Å². The van der Waals surface area contributed by atoms with Gasteiger partial charge < -0.3 is 9.13 Å². The molecule has 0 saturated carbocycles. The number of benzene rings is 8. The lowest BCUT2D eigenvalue weighted by molar-refractivity contribution is 0.593. The molecular weight excluding hydrogens is 613 g/mol. The lowest BCUT2D eigenvalue weighted by Gasteiger charge is -2.19. The molecule has 1 aliphatic rings. The van der Waals surface area contributed by atoms with E-state index in [2.05, 4.69) is 156 Å². The molecule has 3 heteroatoms. The molecule has 8 aromatic carbocycles. The van der Waals surface area contributed by atoms with E-state index in [9.17, 15) is 0 Å². The van der Waals surface area contributed by atoms with E-state index in [1.807, 2.05) is 30.3 Å². The highest BCUT2D eigenvalue weighted by Gasteiger charge is 2.43. The van der Waals surface area contributed by atoms with E-state index in [0.717, 1.165) is 87.6 Å². The zero-order chi connectivity index (χ0) is 32.5. The highest BCUT2D eigenvalue weighted by molar-refractivity contribution is 7.86. The van der Waals surface area contributed by atoms with Crippen molar-refractivity contribution in [2.45, 2.75) is 0 Å². The largest absolute Gasteiger partial charge is 0.309 e. The number of para-hydroxylation sites is 1. The van der Waals surface area contributed by atoms with Crippen molar-refractivity contribution >= 4 is 55.6 Å². The SMILES string of the molecule is O=P1(c2ccccc2)c2cc3ccccc3cc2-c2ccc3c4ccccc4n(-c4cc(-c5ccccc5)cc(-c5ccccc5)c4)c3c21. The van der Waals surface area contributed by atoms with E-state index in [1.54, 1.807) is 0 Å². The van der Waals surface area contributed by atoms with Crippen LogP contribution >= 0.6 is 7.14 Å². The number of aromatic nitrogens is 1. The number of hydrogen-bond donors (Lipinski definition) is 0. The second-order valence-corrected chi connectivity index (χ2v) is 15.5. The first-order valence-corrected chi connectivity index (χ1v) is 18.4. The number of nitrogens with zero attached hydrogens (tertiary/aromatic N) is 1. The molecule has 10 rings (SSSR count). The second kappa shape index (κ2) is 10.8. The van der Waals surface area contributed by atoms with Gasteiger partial charge in [-0.05, 0) is 80.6 Å². The van der Waals surface area contributed by atoms with Crippen LogP contribution in [0.4, 0.5) is 0 Å². The van der Waals surface area contributed by atoms with E-state index in [0.29, 0.717) is 0 Å². The zero-order valence-electron chi connectivity index (χ0n) is 26.6. The molecule has 230 valence electrons. The zero-order valence-corrected chi connectivity index (χ0v) is 27.5. The van der Waals surface area contributed by atoms with Gasteiger partial charge in [0.1, 0.15) is 0 Å². The summed E-state index contributed by atoms with van der Waals surface area (Å²) in [5.74, 6) is 0. The fraction of sp³-hybridized carbons (Fsp3) is 0. The Morgan fingerprint density at radius 3 is 1.67 bits per heavy atom. The third-order valence-electron chi connectivity index (χ3n) is 10.1. The summed E-state index contributed by atoms with van der Waals surface area (Å²) in [4.78, 5) is 0. The van der Waals surface area contributed by atoms with Crippen LogP contribution in [-0.2, 0) is 4.57 Å². The van der Waals surface area contributed by atoms with Crippen molar-refractivity contribution < 1.29 is 4.57 Å². The van der Waals surface area contributed by atoms with Gasteiger partial charge in [0.05, 0.1) is 16.3 Å². The molecule has 1 unspecified atom stereocenters. The summed E-state index contributed by atoms with van der Waals surface area (Å²) in [6.45, 7) is 0. The average molecular weight is 644 g/mol. The van der Waals surface area contributed by atoms with Gasteiger partial charge in [-0.3, -0.25) is 0 Å². The van der Waals surface area contributed by atoms with E-state index in [1.165, 1.54) is 0 Å². The molecule has 0 amide bonds. The summed E-state index contributed by atoms with van der Waals surface area (Å²) in [6, 6.07) is 64.0. The molecule has 0 fully saturated rings. The topological polar surface area (TPSA) is 22.0 Å². The van der Waals surface area contributed by atoms with Crippen LogP contribution in [0.25, 0.3) is 71.6 Å². The fourth-order valence-electron chi connectivity index (χ4n) is 7.91. The van der Waals surface area contributed by atoms with E-state index >= 15 is 4.57 Å². The molecular formula is C46H30NOP. The summed E-state index contributed by atoms with van der Waals surface area (Å²) >= 11 is 0. The van der Waals surface area contributed by atoms with Gasteiger partial charge in [0, 0.05) is 27.1 Å². The van der Waals surface area contributed by atoms with Crippen LogP contribution in [0.1, 0.15) is 0 Å². The van der Waals surface area contributed by atoms with Gasteiger partial charge in [0.15, 0.2) is 7.14 Å². The minimum atomic E-state index is -3.32. The van der Waals surface area contributed by atoms with Crippen LogP contribution in [0.5, 0.6) is 0 Å². The van der Waals surface area contributed by atoms with Gasteiger partial charge in [-0.1, -0.05) is 146 Å². The number of fused-ring (bicyclic) bond motifs is 8. The lowest BCUT2D eigenvalue weighted by Crippen LogP contribution is -2.22. The quantitative estimate of drug-likeness (QED) is 0.175. The Balaban J connectivity index is 1.37. The summed E-state index contributed by atoms with van der Waals surface area (Å²) in [6.07, 6.45) is 0. The molecule has 0 bridgehead atoms. The van der Waals surface area contributed by atoms with Crippen molar-refractivity contribution in [1.82, 2.24) is 4.57 Å². The Bertz CT molecular complexity index is 2720. The molecule has 1 aliphatic heterocycles. The predicted molar refractivity (Wildman–Crippen MR) is 208 cm³/mol. The summed E-state index contributed by atoms with van der Waals surface area (Å²) in [5.41, 5.74) is 9.83. The predicted octanol–water partition coefficient (Wildman–Crippen LogP) is 10.9. The van der Waals surface area contributed by atoms with Crippen LogP contribution in [0.15, 0.2) is 182 Å². The molecule has 0 aliphatic carbocycles. The molecule has 0 saturated heterocycles. The summed E-state index contributed by atoms with van der Waals surface area (Å²) < 4.78 is 18.7. The van der Waals surface area contributed by atoms with E-state index in [4.69, 9.17) is 0 Å². The van der Waals surface area contributed by atoms with Crippen LogP contribution in [0.3, 0.4) is 0 Å². The van der Waals surface area contributed by atoms with Crippen molar-refractivity contribution in [2.75, 3.05) is 0 Å². The van der Waals surface area contributed by atoms with Crippen molar-refractivity contribution in [2.24, 2.45) is 0 Å². The number of rotatable bonds is 4. The van der Waals surface area contributed by atoms with Gasteiger partial charge >= 0.3 is 0 Å². The Kier molecular flexibility index (Phi) is 6.19. The van der Waals surface area contributed by atoms with Gasteiger partial charge in [-0.25, -0.2) is 0 Å². The first-order chi connectivity index (χ1) is 24.2. The van der Waals surface area contributed by atoms with Crippen LogP contribution in [-0.4, -0.2) is 4.57 Å². The maximum absolute atomic E-state index is 16.3. The van der Waals surface area contributed by atoms with Crippen LogP contribution in [0.2, 0.25) is 0 Å². The molecule has 2 nitrogen and oxygen atoms in total. The van der Waals surface area contributed by atoms with Crippen molar-refractivity contribution in [3.8, 4) is 39.1 Å². The molecule has 0 radical (unpaired) electrons. The highest BCUT2D eigenvalue weighted by atomic mass is 31.2. The summed E-state index contributed by atoms with van der Waals surface area (Å²) in [5, 5.41) is 7.20. The standard InChI is InChI=1S/C46H30NOP/c48-49(38-20-8-3-9-21-38)44-30-34-19-11-10-18-33(34)29-42(44)41-25-24-40-39-22-12-13-23-43(39)47(45(40)46(41)49)37-27-35(31-14-4-1-5-15-31)26-36(28-37)32-16-6-2-7-17-32/h1-30H. The van der Waals surface area contributed by atoms with Crippen molar-refractivity contribution in [3.05, 3.63) is 182 Å². The van der Waals surface area contributed by atoms with Crippen molar-refractivity contribution in [3.63, 3.8) is 0 Å². The first kappa shape index (κ1) is 28.1. The monoisotopic (exact) mass is 643 g/mol.